The Morgan fingerprint density at radius 1 is 1.29 bits per heavy atom. The molecule has 2 atom stereocenters. The van der Waals surface area contributed by atoms with E-state index >= 15 is 0 Å². The topological polar surface area (TPSA) is 99.3 Å². The second-order valence-electron chi connectivity index (χ2n) is 5.84. The maximum atomic E-state index is 12.9. The number of hydrogen-bond donors (Lipinski definition) is 1. The summed E-state index contributed by atoms with van der Waals surface area (Å²) in [6.45, 7) is 0.723. The monoisotopic (exact) mass is 387 g/mol. The maximum Gasteiger partial charge on any atom is 0.276 e. The third kappa shape index (κ3) is 2.53. The lowest BCUT2D eigenvalue weighted by molar-refractivity contribution is 0.0609. The fourth-order valence-corrected chi connectivity index (χ4v) is 6.87. The van der Waals surface area contributed by atoms with Crippen molar-refractivity contribution in [1.29, 1.82) is 0 Å². The van der Waals surface area contributed by atoms with Gasteiger partial charge in [0.05, 0.1) is 10.5 Å². The minimum absolute atomic E-state index is 0.217. The van der Waals surface area contributed by atoms with Crippen molar-refractivity contribution in [3.8, 4) is 0 Å². The second-order valence-corrected chi connectivity index (χ2v) is 9.63. The normalized spacial score (nSPS) is 24.5. The molecule has 0 aromatic carbocycles. The molecule has 2 aliphatic heterocycles. The third-order valence-electron chi connectivity index (χ3n) is 4.42. The molecule has 24 heavy (non-hydrogen) atoms. The summed E-state index contributed by atoms with van der Waals surface area (Å²) in [7, 11) is -3.58. The molecule has 2 unspecified atom stereocenters. The predicted molar refractivity (Wildman–Crippen MR) is 87.5 cm³/mol. The van der Waals surface area contributed by atoms with Crippen molar-refractivity contribution in [2.24, 2.45) is 0 Å². The first kappa shape index (κ1) is 16.0. The molecule has 0 spiro atoms. The lowest BCUT2D eigenvalue weighted by atomic mass is 10.2. The van der Waals surface area contributed by atoms with Crippen LogP contribution in [-0.2, 0) is 10.0 Å². The lowest BCUT2D eigenvalue weighted by Crippen LogP contribution is -2.56. The number of sulfonamides is 1. The highest BCUT2D eigenvalue weighted by Gasteiger charge is 2.48. The van der Waals surface area contributed by atoms with Gasteiger partial charge in [0.25, 0.3) is 15.9 Å². The minimum Gasteiger partial charge on any atom is -0.334 e. The molecule has 0 radical (unpaired) electrons. The number of hydrogen-bond acceptors (Lipinski definition) is 6. The summed E-state index contributed by atoms with van der Waals surface area (Å²) in [6, 6.07) is 2.69. The molecule has 8 nitrogen and oxygen atoms in total. The number of piperazine rings is 1. The molecule has 1 amide bonds. The first-order valence-corrected chi connectivity index (χ1v) is 10.0. The summed E-state index contributed by atoms with van der Waals surface area (Å²) in [6.07, 6.45) is 2.86. The van der Waals surface area contributed by atoms with Crippen LogP contribution in [0.4, 0.5) is 0 Å². The molecule has 2 bridgehead atoms. The van der Waals surface area contributed by atoms with Gasteiger partial charge in [0.2, 0.25) is 0 Å². The zero-order valence-electron chi connectivity index (χ0n) is 12.4. The minimum atomic E-state index is -3.58. The summed E-state index contributed by atoms with van der Waals surface area (Å²) in [5.41, 5.74) is 0.246. The van der Waals surface area contributed by atoms with Gasteiger partial charge in [0.15, 0.2) is 5.69 Å². The molecular weight excluding hydrogens is 374 g/mol. The standard InChI is InChI=1S/C13H14ClN5O3S2/c14-11-3-4-12(23-11)24(21,22)19-8-1-2-9(19)7-18(6-8)13(20)10-5-15-17-16-10/h3-5,8-9H,1-2,6-7H2,(H,15,16,17). The molecule has 4 rings (SSSR count). The SMILES string of the molecule is O=C(c1cn[nH]n1)N1CC2CCC(C1)N2S(=O)(=O)c1ccc(Cl)s1. The first-order valence-electron chi connectivity index (χ1n) is 7.41. The maximum absolute atomic E-state index is 12.9. The number of carbonyl (C=O) groups is 1. The van der Waals surface area contributed by atoms with Crippen molar-refractivity contribution in [2.75, 3.05) is 13.1 Å². The van der Waals surface area contributed by atoms with Gasteiger partial charge >= 0.3 is 0 Å². The molecule has 1 N–H and O–H groups in total. The van der Waals surface area contributed by atoms with Gasteiger partial charge in [-0.1, -0.05) is 11.6 Å². The van der Waals surface area contributed by atoms with E-state index in [-0.39, 0.29) is 27.9 Å². The van der Waals surface area contributed by atoms with E-state index < -0.39 is 10.0 Å². The zero-order valence-corrected chi connectivity index (χ0v) is 14.8. The number of rotatable bonds is 3. The van der Waals surface area contributed by atoms with Gasteiger partial charge < -0.3 is 4.90 Å². The van der Waals surface area contributed by atoms with Crippen LogP contribution in [0.1, 0.15) is 23.3 Å². The molecule has 0 saturated carbocycles. The van der Waals surface area contributed by atoms with E-state index in [1.54, 1.807) is 15.3 Å². The first-order chi connectivity index (χ1) is 11.5. The van der Waals surface area contributed by atoms with Gasteiger partial charge in [0.1, 0.15) is 4.21 Å². The van der Waals surface area contributed by atoms with Crippen molar-refractivity contribution >= 4 is 38.9 Å². The Morgan fingerprint density at radius 3 is 2.54 bits per heavy atom. The van der Waals surface area contributed by atoms with Crippen LogP contribution in [-0.4, -0.2) is 64.1 Å². The van der Waals surface area contributed by atoms with E-state index in [4.69, 9.17) is 11.6 Å². The average Bonchev–Trinajstić information content (AvgIpc) is 3.27. The number of aromatic amines is 1. The van der Waals surface area contributed by atoms with E-state index in [2.05, 4.69) is 15.4 Å². The number of H-pyrrole nitrogens is 1. The van der Waals surface area contributed by atoms with Crippen LogP contribution in [0.15, 0.2) is 22.5 Å². The Labute approximate surface area is 147 Å². The van der Waals surface area contributed by atoms with Crippen molar-refractivity contribution in [2.45, 2.75) is 29.1 Å². The number of nitrogens with one attached hydrogen (secondary N) is 1. The number of carbonyl (C=O) groups excluding carboxylic acids is 1. The molecule has 128 valence electrons. The van der Waals surface area contributed by atoms with Crippen LogP contribution < -0.4 is 0 Å². The summed E-state index contributed by atoms with van der Waals surface area (Å²) < 4.78 is 28.1. The van der Waals surface area contributed by atoms with Crippen molar-refractivity contribution in [3.63, 3.8) is 0 Å². The van der Waals surface area contributed by atoms with Crippen LogP contribution in [0.25, 0.3) is 0 Å². The number of nitrogens with zero attached hydrogens (tertiary/aromatic N) is 4. The Kier molecular flexibility index (Phi) is 3.87. The van der Waals surface area contributed by atoms with E-state index in [0.29, 0.717) is 17.4 Å². The Balaban J connectivity index is 1.58. The molecular formula is C13H14ClN5O3S2. The highest BCUT2D eigenvalue weighted by atomic mass is 35.5. The van der Waals surface area contributed by atoms with Gasteiger partial charge in [-0.2, -0.15) is 19.7 Å². The number of fused-ring (bicyclic) bond motifs is 2. The molecule has 4 heterocycles. The number of aromatic nitrogens is 3. The van der Waals surface area contributed by atoms with Gasteiger partial charge in [-0.15, -0.1) is 11.3 Å². The van der Waals surface area contributed by atoms with E-state index in [1.807, 2.05) is 0 Å². The summed E-state index contributed by atoms with van der Waals surface area (Å²) in [4.78, 5) is 14.1. The zero-order chi connectivity index (χ0) is 16.9. The van der Waals surface area contributed by atoms with Crippen LogP contribution >= 0.6 is 22.9 Å². The van der Waals surface area contributed by atoms with Crippen molar-refractivity contribution in [1.82, 2.24) is 24.6 Å². The Morgan fingerprint density at radius 2 is 2.00 bits per heavy atom. The van der Waals surface area contributed by atoms with Crippen LogP contribution in [0.5, 0.6) is 0 Å². The van der Waals surface area contributed by atoms with E-state index in [9.17, 15) is 13.2 Å². The number of amides is 1. The van der Waals surface area contributed by atoms with E-state index in [0.717, 1.165) is 24.2 Å². The third-order valence-corrected chi connectivity index (χ3v) is 8.12. The summed E-state index contributed by atoms with van der Waals surface area (Å²) in [5, 5.41) is 9.87. The fourth-order valence-electron chi connectivity index (χ4n) is 3.43. The van der Waals surface area contributed by atoms with Gasteiger partial charge in [0, 0.05) is 25.2 Å². The smallest absolute Gasteiger partial charge is 0.276 e. The Bertz CT molecular complexity index is 852. The van der Waals surface area contributed by atoms with Gasteiger partial charge in [-0.25, -0.2) is 8.42 Å². The quantitative estimate of drug-likeness (QED) is 0.852. The van der Waals surface area contributed by atoms with Crippen molar-refractivity contribution < 1.29 is 13.2 Å². The lowest BCUT2D eigenvalue weighted by Gasteiger charge is -2.39. The fraction of sp³-hybridized carbons (Fsp3) is 0.462. The molecule has 2 aliphatic rings. The largest absolute Gasteiger partial charge is 0.334 e. The van der Waals surface area contributed by atoms with E-state index in [1.165, 1.54) is 12.3 Å². The highest BCUT2D eigenvalue weighted by molar-refractivity contribution is 7.91. The van der Waals surface area contributed by atoms with Crippen LogP contribution in [0.3, 0.4) is 0 Å². The summed E-state index contributed by atoms with van der Waals surface area (Å²) >= 11 is 6.94. The molecule has 0 aliphatic carbocycles. The predicted octanol–water partition coefficient (Wildman–Crippen LogP) is 1.20. The number of thiophene rings is 1. The van der Waals surface area contributed by atoms with Crippen LogP contribution in [0.2, 0.25) is 4.34 Å². The van der Waals surface area contributed by atoms with Crippen LogP contribution in [0, 0.1) is 0 Å². The van der Waals surface area contributed by atoms with Crippen molar-refractivity contribution in [3.05, 3.63) is 28.4 Å². The van der Waals surface area contributed by atoms with Gasteiger partial charge in [-0.3, -0.25) is 4.79 Å². The Hall–Kier alpha value is -1.49. The second kappa shape index (κ2) is 5.80. The number of halogens is 1. The molecule has 2 saturated heterocycles. The molecule has 11 heteroatoms. The molecule has 2 aromatic rings. The number of likely N-dealkylation sites (tertiary alicyclic amines) is 1. The summed E-state index contributed by atoms with van der Waals surface area (Å²) in [5.74, 6) is -0.225. The highest BCUT2D eigenvalue weighted by Crippen LogP contribution is 2.38. The van der Waals surface area contributed by atoms with Gasteiger partial charge in [-0.05, 0) is 25.0 Å². The molecule has 2 fully saturated rings. The molecule has 2 aromatic heterocycles. The average molecular weight is 388 g/mol.